The first-order valence-corrected chi connectivity index (χ1v) is 7.51. The van der Waals surface area contributed by atoms with Crippen LogP contribution in [0.4, 0.5) is 0 Å². The molecule has 0 radical (unpaired) electrons. The Kier molecular flexibility index (Phi) is 4.33. The van der Waals surface area contributed by atoms with Crippen LogP contribution in [0, 0.1) is 12.3 Å². The van der Waals surface area contributed by atoms with Crippen LogP contribution in [0.25, 0.3) is 0 Å². The van der Waals surface area contributed by atoms with Gasteiger partial charge in [-0.25, -0.2) is 0 Å². The number of hydrogen-bond donors (Lipinski definition) is 0. The fraction of sp³-hybridized carbons (Fsp3) is 0.611. The van der Waals surface area contributed by atoms with Gasteiger partial charge in [-0.05, 0) is 43.6 Å². The molecule has 0 amide bonds. The van der Waals surface area contributed by atoms with Crippen LogP contribution < -0.4 is 0 Å². The normalized spacial score (nSPS) is 20.6. The number of aryl methyl sites for hydroxylation is 1. The fourth-order valence-corrected chi connectivity index (χ4v) is 2.98. The van der Waals surface area contributed by atoms with Crippen LogP contribution in [-0.2, 0) is 16.0 Å². The first-order valence-electron chi connectivity index (χ1n) is 7.51. The Hall–Kier alpha value is -1.15. The average molecular weight is 274 g/mol. The molecule has 2 heteroatoms. The van der Waals surface area contributed by atoms with Crippen LogP contribution in [0.5, 0.6) is 0 Å². The fourth-order valence-electron chi connectivity index (χ4n) is 2.98. The van der Waals surface area contributed by atoms with Gasteiger partial charge in [0.15, 0.2) is 5.78 Å². The SMILES string of the molecule is COC1(C(=O)Cc2ccc(C)cc2)CCC(C)(C)CC1. The predicted molar refractivity (Wildman–Crippen MR) is 81.9 cm³/mol. The van der Waals surface area contributed by atoms with Crippen LogP contribution in [-0.4, -0.2) is 18.5 Å². The molecule has 0 saturated heterocycles. The Balaban J connectivity index is 2.08. The summed E-state index contributed by atoms with van der Waals surface area (Å²) in [4.78, 5) is 12.7. The van der Waals surface area contributed by atoms with Gasteiger partial charge in [-0.15, -0.1) is 0 Å². The Morgan fingerprint density at radius 1 is 1.10 bits per heavy atom. The highest BCUT2D eigenvalue weighted by atomic mass is 16.5. The Morgan fingerprint density at radius 3 is 2.15 bits per heavy atom. The van der Waals surface area contributed by atoms with Crippen molar-refractivity contribution >= 4 is 5.78 Å². The third kappa shape index (κ3) is 3.29. The average Bonchev–Trinajstić information content (AvgIpc) is 2.42. The minimum absolute atomic E-state index is 0.236. The molecule has 1 saturated carbocycles. The van der Waals surface area contributed by atoms with Gasteiger partial charge in [-0.2, -0.15) is 0 Å². The summed E-state index contributed by atoms with van der Waals surface area (Å²) in [5.74, 6) is 0.236. The van der Waals surface area contributed by atoms with Gasteiger partial charge in [0.1, 0.15) is 5.60 Å². The van der Waals surface area contributed by atoms with Crippen molar-refractivity contribution in [3.05, 3.63) is 35.4 Å². The number of ketones is 1. The van der Waals surface area contributed by atoms with Gasteiger partial charge in [0.2, 0.25) is 0 Å². The lowest BCUT2D eigenvalue weighted by Crippen LogP contribution is -2.46. The lowest BCUT2D eigenvalue weighted by molar-refractivity contribution is -0.147. The summed E-state index contributed by atoms with van der Waals surface area (Å²) in [5, 5.41) is 0. The Labute approximate surface area is 122 Å². The maximum Gasteiger partial charge on any atom is 0.168 e. The zero-order valence-electron chi connectivity index (χ0n) is 13.2. The molecule has 2 rings (SSSR count). The molecule has 0 heterocycles. The van der Waals surface area contributed by atoms with E-state index in [9.17, 15) is 4.79 Å². The summed E-state index contributed by atoms with van der Waals surface area (Å²) in [6.07, 6.45) is 4.29. The quantitative estimate of drug-likeness (QED) is 0.826. The molecule has 2 nitrogen and oxygen atoms in total. The van der Waals surface area contributed by atoms with E-state index < -0.39 is 5.60 Å². The molecular formula is C18H26O2. The second-order valence-electron chi connectivity index (χ2n) is 6.95. The topological polar surface area (TPSA) is 26.3 Å². The molecule has 1 aromatic carbocycles. The van der Waals surface area contributed by atoms with Crippen molar-refractivity contribution in [3.8, 4) is 0 Å². The van der Waals surface area contributed by atoms with Crippen molar-refractivity contribution in [2.45, 2.75) is 58.5 Å². The Bertz CT molecular complexity index is 461. The summed E-state index contributed by atoms with van der Waals surface area (Å²) in [5.41, 5.74) is 2.09. The van der Waals surface area contributed by atoms with Gasteiger partial charge in [-0.1, -0.05) is 43.7 Å². The van der Waals surface area contributed by atoms with Gasteiger partial charge < -0.3 is 4.74 Å². The van der Waals surface area contributed by atoms with Gasteiger partial charge in [-0.3, -0.25) is 4.79 Å². The summed E-state index contributed by atoms with van der Waals surface area (Å²) >= 11 is 0. The number of hydrogen-bond acceptors (Lipinski definition) is 2. The van der Waals surface area contributed by atoms with E-state index in [1.165, 1.54) is 5.56 Å². The number of rotatable bonds is 4. The molecule has 0 aromatic heterocycles. The van der Waals surface area contributed by atoms with E-state index in [1.807, 2.05) is 12.1 Å². The second-order valence-corrected chi connectivity index (χ2v) is 6.95. The highest BCUT2D eigenvalue weighted by Crippen LogP contribution is 2.42. The largest absolute Gasteiger partial charge is 0.370 e. The Morgan fingerprint density at radius 2 is 1.65 bits per heavy atom. The third-order valence-electron chi connectivity index (χ3n) is 4.80. The van der Waals surface area contributed by atoms with Crippen LogP contribution in [0.3, 0.4) is 0 Å². The number of ether oxygens (including phenoxy) is 1. The molecule has 20 heavy (non-hydrogen) atoms. The number of carbonyl (C=O) groups excluding carboxylic acids is 1. The molecule has 0 atom stereocenters. The predicted octanol–water partition coefficient (Wildman–Crippen LogP) is 4.09. The lowest BCUT2D eigenvalue weighted by atomic mass is 9.69. The molecule has 1 aliphatic carbocycles. The van der Waals surface area contributed by atoms with Crippen LogP contribution in [0.1, 0.15) is 50.7 Å². The molecule has 0 unspecified atom stereocenters. The number of methoxy groups -OCH3 is 1. The monoisotopic (exact) mass is 274 g/mol. The molecule has 1 aliphatic rings. The summed E-state index contributed by atoms with van der Waals surface area (Å²) in [6, 6.07) is 8.21. The number of carbonyl (C=O) groups is 1. The molecule has 1 fully saturated rings. The standard InChI is InChI=1S/C18H26O2/c1-14-5-7-15(8-6-14)13-16(19)18(20-4)11-9-17(2,3)10-12-18/h5-8H,9-13H2,1-4H3. The molecule has 0 N–H and O–H groups in total. The van der Waals surface area contributed by atoms with Crippen LogP contribution in [0.15, 0.2) is 24.3 Å². The third-order valence-corrected chi connectivity index (χ3v) is 4.80. The molecule has 1 aromatic rings. The minimum Gasteiger partial charge on any atom is -0.370 e. The summed E-state index contributed by atoms with van der Waals surface area (Å²) in [6.45, 7) is 6.61. The van der Waals surface area contributed by atoms with E-state index in [1.54, 1.807) is 7.11 Å². The smallest absolute Gasteiger partial charge is 0.168 e. The highest BCUT2D eigenvalue weighted by molar-refractivity contribution is 5.89. The highest BCUT2D eigenvalue weighted by Gasteiger charge is 2.43. The molecule has 110 valence electrons. The number of Topliss-reactive ketones (excluding diaryl/α,β-unsaturated/α-hetero) is 1. The molecular weight excluding hydrogens is 248 g/mol. The zero-order valence-corrected chi connectivity index (χ0v) is 13.2. The first kappa shape index (κ1) is 15.2. The maximum absolute atomic E-state index is 12.7. The van der Waals surface area contributed by atoms with Crippen LogP contribution >= 0.6 is 0 Å². The van der Waals surface area contributed by atoms with Gasteiger partial charge in [0.05, 0.1) is 0 Å². The molecule has 0 bridgehead atoms. The van der Waals surface area contributed by atoms with Gasteiger partial charge >= 0.3 is 0 Å². The van der Waals surface area contributed by atoms with E-state index in [4.69, 9.17) is 4.74 Å². The van der Waals surface area contributed by atoms with Crippen molar-refractivity contribution in [1.29, 1.82) is 0 Å². The first-order chi connectivity index (χ1) is 9.37. The van der Waals surface area contributed by atoms with Crippen LogP contribution in [0.2, 0.25) is 0 Å². The van der Waals surface area contributed by atoms with Crippen molar-refractivity contribution in [2.75, 3.05) is 7.11 Å². The zero-order chi connectivity index (χ0) is 14.8. The van der Waals surface area contributed by atoms with E-state index in [0.29, 0.717) is 11.8 Å². The van der Waals surface area contributed by atoms with E-state index >= 15 is 0 Å². The summed E-state index contributed by atoms with van der Waals surface area (Å²) in [7, 11) is 1.69. The van der Waals surface area contributed by atoms with Crippen molar-refractivity contribution in [1.82, 2.24) is 0 Å². The van der Waals surface area contributed by atoms with E-state index in [-0.39, 0.29) is 5.78 Å². The van der Waals surface area contributed by atoms with Crippen molar-refractivity contribution in [2.24, 2.45) is 5.41 Å². The van der Waals surface area contributed by atoms with Gasteiger partial charge in [0, 0.05) is 13.5 Å². The van der Waals surface area contributed by atoms with Crippen molar-refractivity contribution in [3.63, 3.8) is 0 Å². The van der Waals surface area contributed by atoms with E-state index in [0.717, 1.165) is 31.2 Å². The molecule has 0 aliphatic heterocycles. The summed E-state index contributed by atoms with van der Waals surface area (Å²) < 4.78 is 5.68. The molecule has 0 spiro atoms. The minimum atomic E-state index is -0.555. The van der Waals surface area contributed by atoms with E-state index in [2.05, 4.69) is 32.9 Å². The van der Waals surface area contributed by atoms with Gasteiger partial charge in [0.25, 0.3) is 0 Å². The maximum atomic E-state index is 12.7. The number of benzene rings is 1. The second kappa shape index (κ2) is 5.69. The lowest BCUT2D eigenvalue weighted by Gasteiger charge is -2.41. The van der Waals surface area contributed by atoms with Crippen molar-refractivity contribution < 1.29 is 9.53 Å².